The molecule has 6 nitrogen and oxygen atoms in total. The number of aromatic nitrogens is 2. The molecule has 142 valence electrons. The van der Waals surface area contributed by atoms with Gasteiger partial charge in [-0.05, 0) is 18.6 Å². The van der Waals surface area contributed by atoms with E-state index in [0.29, 0.717) is 0 Å². The van der Waals surface area contributed by atoms with E-state index >= 15 is 0 Å². The summed E-state index contributed by atoms with van der Waals surface area (Å²) >= 11 is 0. The van der Waals surface area contributed by atoms with Crippen molar-refractivity contribution >= 4 is 26.8 Å². The monoisotopic (exact) mass is 397 g/mol. The third-order valence-corrected chi connectivity index (χ3v) is 5.59. The highest BCUT2D eigenvalue weighted by molar-refractivity contribution is 7.89. The van der Waals surface area contributed by atoms with E-state index in [1.54, 1.807) is 0 Å². The van der Waals surface area contributed by atoms with Crippen molar-refractivity contribution in [1.82, 2.24) is 9.97 Å². The van der Waals surface area contributed by atoms with E-state index in [-0.39, 0.29) is 23.0 Å². The second-order valence-corrected chi connectivity index (χ2v) is 7.64. The number of carbonyl (C=O) groups excluding carboxylic acids is 1. The van der Waals surface area contributed by atoms with E-state index in [9.17, 15) is 26.4 Å². The molecule has 0 aliphatic carbocycles. The summed E-state index contributed by atoms with van der Waals surface area (Å²) in [6.07, 6.45) is 2.01. The number of ketones is 1. The first-order valence-corrected chi connectivity index (χ1v) is 9.43. The fourth-order valence-electron chi connectivity index (χ4n) is 2.96. The van der Waals surface area contributed by atoms with E-state index in [4.69, 9.17) is 5.14 Å². The van der Waals surface area contributed by atoms with Crippen LogP contribution >= 0.6 is 0 Å². The molecule has 0 spiro atoms. The quantitative estimate of drug-likeness (QED) is 0.646. The first kappa shape index (κ1) is 19.1. The lowest BCUT2D eigenvalue weighted by Crippen LogP contribution is -2.23. The summed E-state index contributed by atoms with van der Waals surface area (Å²) < 4.78 is 66.1. The molecule has 1 atom stereocenters. The van der Waals surface area contributed by atoms with Crippen molar-refractivity contribution < 1.29 is 26.4 Å². The lowest BCUT2D eigenvalue weighted by molar-refractivity contribution is 0.103. The van der Waals surface area contributed by atoms with Gasteiger partial charge in [-0.15, -0.1) is 0 Å². The van der Waals surface area contributed by atoms with Gasteiger partial charge in [0.05, 0.1) is 11.8 Å². The summed E-state index contributed by atoms with van der Waals surface area (Å²) in [4.78, 5) is 19.1. The molecule has 0 aliphatic rings. The molecule has 0 amide bonds. The van der Waals surface area contributed by atoms with Gasteiger partial charge in [-0.2, -0.15) is 0 Å². The Labute approximate surface area is 152 Å². The van der Waals surface area contributed by atoms with Crippen molar-refractivity contribution in [3.63, 3.8) is 0 Å². The predicted octanol–water partition coefficient (Wildman–Crippen LogP) is 2.95. The van der Waals surface area contributed by atoms with Gasteiger partial charge in [-0.25, -0.2) is 31.7 Å². The molecule has 0 radical (unpaired) electrons. The van der Waals surface area contributed by atoms with Crippen LogP contribution < -0.4 is 5.14 Å². The van der Waals surface area contributed by atoms with E-state index in [1.807, 2.05) is 0 Å². The van der Waals surface area contributed by atoms with Crippen molar-refractivity contribution in [1.29, 1.82) is 0 Å². The number of aromatic amines is 1. The van der Waals surface area contributed by atoms with Gasteiger partial charge in [0, 0.05) is 22.7 Å². The first-order valence-electron chi connectivity index (χ1n) is 7.82. The van der Waals surface area contributed by atoms with Gasteiger partial charge >= 0.3 is 0 Å². The first-order chi connectivity index (χ1) is 12.6. The molecular weight excluding hydrogens is 383 g/mol. The summed E-state index contributed by atoms with van der Waals surface area (Å²) in [5.74, 6) is -4.30. The van der Waals surface area contributed by atoms with Gasteiger partial charge in [-0.1, -0.05) is 13.0 Å². The van der Waals surface area contributed by atoms with Crippen LogP contribution in [0, 0.1) is 17.5 Å². The Morgan fingerprint density at radius 1 is 1.30 bits per heavy atom. The molecular formula is C17H14F3N3O3S. The zero-order chi connectivity index (χ0) is 19.9. The summed E-state index contributed by atoms with van der Waals surface area (Å²) in [6, 6.07) is 2.74. The van der Waals surface area contributed by atoms with Crippen LogP contribution in [0.1, 0.15) is 40.1 Å². The van der Waals surface area contributed by atoms with Gasteiger partial charge in [0.2, 0.25) is 15.8 Å². The number of sulfonamides is 1. The van der Waals surface area contributed by atoms with Crippen molar-refractivity contribution in [3.05, 3.63) is 64.7 Å². The van der Waals surface area contributed by atoms with E-state index < -0.39 is 49.6 Å². The minimum atomic E-state index is -4.18. The Morgan fingerprint density at radius 3 is 2.63 bits per heavy atom. The molecule has 0 saturated carbocycles. The SMILES string of the molecule is CCC(c1ccc(F)c(C(=O)c2c[nH]c3ncc(F)cc23)c1F)S(N)(=O)=O. The highest BCUT2D eigenvalue weighted by Crippen LogP contribution is 2.31. The molecule has 2 aromatic heterocycles. The standard InChI is InChI=1S/C17H14F3N3O3S/c1-2-13(27(21,25)26)9-3-4-12(19)14(15(9)20)16(24)11-7-23-17-10(11)5-8(18)6-22-17/h3-7,13H,2H2,1H3,(H,22,23)(H2,21,25,26). The third kappa shape index (κ3) is 3.33. The molecule has 27 heavy (non-hydrogen) atoms. The number of halogens is 3. The van der Waals surface area contributed by atoms with Gasteiger partial charge in [0.1, 0.15) is 28.3 Å². The average Bonchev–Trinajstić information content (AvgIpc) is 2.99. The molecule has 1 unspecified atom stereocenters. The Bertz CT molecular complexity index is 1160. The third-order valence-electron chi connectivity index (χ3n) is 4.20. The van der Waals surface area contributed by atoms with Crippen LogP contribution in [0.2, 0.25) is 0 Å². The molecule has 2 heterocycles. The number of nitrogens with one attached hydrogen (secondary N) is 1. The lowest BCUT2D eigenvalue weighted by Gasteiger charge is -2.16. The van der Waals surface area contributed by atoms with Crippen molar-refractivity contribution in [2.75, 3.05) is 0 Å². The molecule has 10 heteroatoms. The molecule has 3 aromatic rings. The minimum absolute atomic E-state index is 0.0442. The van der Waals surface area contributed by atoms with Crippen LogP contribution in [-0.2, 0) is 10.0 Å². The summed E-state index contributed by atoms with van der Waals surface area (Å²) in [5, 5.41) is 3.72. The minimum Gasteiger partial charge on any atom is -0.345 e. The van der Waals surface area contributed by atoms with Crippen LogP contribution in [0.25, 0.3) is 11.0 Å². The number of nitrogens with two attached hydrogens (primary N) is 1. The number of benzene rings is 1. The number of primary sulfonamides is 1. The summed E-state index contributed by atoms with van der Waals surface area (Å²) in [6.45, 7) is 1.47. The van der Waals surface area contributed by atoms with Crippen LogP contribution in [0.15, 0.2) is 30.6 Å². The highest BCUT2D eigenvalue weighted by Gasteiger charge is 2.30. The number of H-pyrrole nitrogens is 1. The van der Waals surface area contributed by atoms with Crippen LogP contribution in [0.4, 0.5) is 13.2 Å². The normalized spacial score (nSPS) is 13.1. The molecule has 0 fully saturated rings. The zero-order valence-corrected chi connectivity index (χ0v) is 14.8. The van der Waals surface area contributed by atoms with Crippen LogP contribution in [0.3, 0.4) is 0 Å². The number of rotatable bonds is 5. The number of nitrogens with zero attached hydrogens (tertiary/aromatic N) is 1. The van der Waals surface area contributed by atoms with Crippen molar-refractivity contribution in [3.8, 4) is 0 Å². The lowest BCUT2D eigenvalue weighted by atomic mass is 9.98. The van der Waals surface area contributed by atoms with E-state index in [2.05, 4.69) is 9.97 Å². The fraction of sp³-hybridized carbons (Fsp3) is 0.176. The maximum atomic E-state index is 14.9. The smallest absolute Gasteiger partial charge is 0.216 e. The average molecular weight is 397 g/mol. The number of pyridine rings is 1. The number of hydrogen-bond acceptors (Lipinski definition) is 4. The Morgan fingerprint density at radius 2 is 2.00 bits per heavy atom. The summed E-state index contributed by atoms with van der Waals surface area (Å²) in [5.41, 5.74) is -1.39. The largest absolute Gasteiger partial charge is 0.345 e. The Hall–Kier alpha value is -2.72. The van der Waals surface area contributed by atoms with Crippen molar-refractivity contribution in [2.45, 2.75) is 18.6 Å². The fourth-order valence-corrected chi connectivity index (χ4v) is 3.96. The van der Waals surface area contributed by atoms with Crippen LogP contribution in [0.5, 0.6) is 0 Å². The van der Waals surface area contributed by atoms with Gasteiger partial charge in [0.15, 0.2) is 0 Å². The maximum absolute atomic E-state index is 14.9. The Balaban J connectivity index is 2.20. The molecule has 0 saturated heterocycles. The molecule has 3 rings (SSSR count). The Kier molecular flexibility index (Phi) is 4.79. The van der Waals surface area contributed by atoms with Gasteiger partial charge < -0.3 is 4.98 Å². The number of fused-ring (bicyclic) bond motifs is 1. The number of carbonyl (C=O) groups is 1. The van der Waals surface area contributed by atoms with Gasteiger partial charge in [0.25, 0.3) is 0 Å². The molecule has 0 bridgehead atoms. The second-order valence-electron chi connectivity index (χ2n) is 5.89. The highest BCUT2D eigenvalue weighted by atomic mass is 32.2. The molecule has 3 N–H and O–H groups in total. The molecule has 1 aromatic carbocycles. The van der Waals surface area contributed by atoms with Crippen LogP contribution in [-0.4, -0.2) is 24.2 Å². The zero-order valence-electron chi connectivity index (χ0n) is 14.0. The summed E-state index contributed by atoms with van der Waals surface area (Å²) in [7, 11) is -4.18. The van der Waals surface area contributed by atoms with Gasteiger partial charge in [-0.3, -0.25) is 4.79 Å². The molecule has 0 aliphatic heterocycles. The van der Waals surface area contributed by atoms with E-state index in [1.165, 1.54) is 6.92 Å². The second kappa shape index (κ2) is 6.78. The topological polar surface area (TPSA) is 106 Å². The van der Waals surface area contributed by atoms with Crippen molar-refractivity contribution in [2.24, 2.45) is 5.14 Å². The number of hydrogen-bond donors (Lipinski definition) is 2. The van der Waals surface area contributed by atoms with E-state index in [0.717, 1.165) is 30.6 Å². The maximum Gasteiger partial charge on any atom is 0.216 e. The predicted molar refractivity (Wildman–Crippen MR) is 92.0 cm³/mol.